The van der Waals surface area contributed by atoms with Crippen LogP contribution in [-0.2, 0) is 36.5 Å². The van der Waals surface area contributed by atoms with Gasteiger partial charge in [0, 0.05) is 29.0 Å². The number of hydrogen-bond acceptors (Lipinski definition) is 3. The maximum atomic E-state index is 14.4. The van der Waals surface area contributed by atoms with E-state index in [-0.39, 0.29) is 17.1 Å². The molecule has 1 fully saturated rings. The van der Waals surface area contributed by atoms with E-state index in [1.807, 2.05) is 54.2 Å². The molecule has 3 atom stereocenters. The molecule has 6 rings (SSSR count). The summed E-state index contributed by atoms with van der Waals surface area (Å²) in [6, 6.07) is 33.6. The van der Waals surface area contributed by atoms with Crippen molar-refractivity contribution in [3.8, 4) is 17.3 Å². The first kappa shape index (κ1) is 24.4. The minimum absolute atomic E-state index is 0.0820. The van der Waals surface area contributed by atoms with Gasteiger partial charge in [-0.3, -0.25) is 9.48 Å². The second-order valence-electron chi connectivity index (χ2n) is 11.4. The minimum atomic E-state index is -0.682. The van der Waals surface area contributed by atoms with Crippen molar-refractivity contribution in [2.45, 2.75) is 44.4 Å². The van der Waals surface area contributed by atoms with Gasteiger partial charge in [0.05, 0.1) is 17.5 Å². The predicted molar refractivity (Wildman–Crippen MR) is 149 cm³/mol. The third kappa shape index (κ3) is 3.80. The fraction of sp³-hybridized carbons (Fsp3) is 0.324. The van der Waals surface area contributed by atoms with Crippen LogP contribution >= 0.6 is 0 Å². The van der Waals surface area contributed by atoms with Crippen LogP contribution in [0.4, 0.5) is 0 Å². The van der Waals surface area contributed by atoms with Crippen molar-refractivity contribution in [3.63, 3.8) is 0 Å². The van der Waals surface area contributed by atoms with E-state index < -0.39 is 11.3 Å². The fourth-order valence-corrected chi connectivity index (χ4v) is 7.66. The number of benzene rings is 3. The lowest BCUT2D eigenvalue weighted by molar-refractivity contribution is -0.144. The van der Waals surface area contributed by atoms with Gasteiger partial charge in [0.1, 0.15) is 5.92 Å². The van der Waals surface area contributed by atoms with Crippen LogP contribution in [0, 0.1) is 28.6 Å². The summed E-state index contributed by atoms with van der Waals surface area (Å²) in [7, 11) is 2.02. The van der Waals surface area contributed by atoms with Gasteiger partial charge >= 0.3 is 0 Å². The Bertz CT molecular complexity index is 1460. The Hall–Kier alpha value is -3.97. The molecule has 0 bridgehead atoms. The molecule has 4 nitrogen and oxygen atoms in total. The SMILES string of the molecule is Cn1nc2c(c1-c1ccccc1)CC[C@H]1C(Cc3ccccc3)(Cc3ccccc3)C(=O)C(C#N)C[C@]21C. The lowest BCUT2D eigenvalue weighted by atomic mass is 9.45. The van der Waals surface area contributed by atoms with Crippen LogP contribution in [0.5, 0.6) is 0 Å². The number of hydrogen-bond donors (Lipinski definition) is 0. The van der Waals surface area contributed by atoms with Gasteiger partial charge in [-0.15, -0.1) is 0 Å². The van der Waals surface area contributed by atoms with Crippen LogP contribution in [0.25, 0.3) is 11.3 Å². The third-order valence-electron chi connectivity index (χ3n) is 9.17. The van der Waals surface area contributed by atoms with E-state index in [0.29, 0.717) is 19.3 Å². The van der Waals surface area contributed by atoms with Crippen molar-refractivity contribution in [1.29, 1.82) is 5.26 Å². The van der Waals surface area contributed by atoms with Crippen LogP contribution in [-0.4, -0.2) is 15.6 Å². The first-order valence-corrected chi connectivity index (χ1v) is 13.6. The van der Waals surface area contributed by atoms with Crippen molar-refractivity contribution < 1.29 is 4.79 Å². The molecule has 0 radical (unpaired) electrons. The van der Waals surface area contributed by atoms with Crippen molar-refractivity contribution in [3.05, 3.63) is 113 Å². The molecule has 2 aliphatic rings. The zero-order chi connectivity index (χ0) is 26.3. The number of ketones is 1. The summed E-state index contributed by atoms with van der Waals surface area (Å²) in [6.07, 6.45) is 3.57. The van der Waals surface area contributed by atoms with E-state index in [9.17, 15) is 10.1 Å². The molecule has 190 valence electrons. The number of Topliss-reactive ketones (excluding diaryl/α,β-unsaturated/α-hetero) is 1. The van der Waals surface area contributed by atoms with Gasteiger partial charge in [-0.2, -0.15) is 10.4 Å². The molecule has 0 N–H and O–H groups in total. The van der Waals surface area contributed by atoms with Gasteiger partial charge in [-0.25, -0.2) is 0 Å². The third-order valence-corrected chi connectivity index (χ3v) is 9.17. The summed E-state index contributed by atoms with van der Waals surface area (Å²) < 4.78 is 2.02. The lowest BCUT2D eigenvalue weighted by Gasteiger charge is -2.55. The maximum Gasteiger partial charge on any atom is 0.157 e. The van der Waals surface area contributed by atoms with E-state index >= 15 is 0 Å². The van der Waals surface area contributed by atoms with E-state index in [4.69, 9.17) is 5.10 Å². The molecule has 0 aliphatic heterocycles. The molecule has 2 aliphatic carbocycles. The summed E-state index contributed by atoms with van der Waals surface area (Å²) in [5, 5.41) is 15.5. The number of rotatable bonds is 5. The van der Waals surface area contributed by atoms with E-state index in [0.717, 1.165) is 40.9 Å². The molecule has 0 saturated heterocycles. The van der Waals surface area contributed by atoms with Crippen LogP contribution in [0.3, 0.4) is 0 Å². The molecule has 4 heteroatoms. The Labute approximate surface area is 224 Å². The van der Waals surface area contributed by atoms with Gasteiger partial charge in [0.25, 0.3) is 0 Å². The average Bonchev–Trinajstić information content (AvgIpc) is 3.29. The molecular formula is C34H33N3O. The van der Waals surface area contributed by atoms with E-state index in [1.54, 1.807) is 0 Å². The predicted octanol–water partition coefficient (Wildman–Crippen LogP) is 6.49. The Morgan fingerprint density at radius 1 is 0.921 bits per heavy atom. The van der Waals surface area contributed by atoms with Crippen molar-refractivity contribution in [1.82, 2.24) is 9.78 Å². The Balaban J connectivity index is 1.54. The molecule has 38 heavy (non-hydrogen) atoms. The monoisotopic (exact) mass is 499 g/mol. The van der Waals surface area contributed by atoms with Crippen LogP contribution in [0.15, 0.2) is 91.0 Å². The zero-order valence-electron chi connectivity index (χ0n) is 22.1. The summed E-state index contributed by atoms with van der Waals surface area (Å²) in [5.74, 6) is -0.465. The van der Waals surface area contributed by atoms with Crippen LogP contribution in [0.2, 0.25) is 0 Å². The summed E-state index contributed by atoms with van der Waals surface area (Å²) in [6.45, 7) is 2.28. The molecule has 4 aromatic rings. The molecule has 3 aromatic carbocycles. The quantitative estimate of drug-likeness (QED) is 0.315. The highest BCUT2D eigenvalue weighted by Crippen LogP contribution is 2.60. The van der Waals surface area contributed by atoms with Gasteiger partial charge in [-0.1, -0.05) is 97.9 Å². The standard InChI is InChI=1S/C34H33N3O/c1-33-22-27(23-35)32(38)34(20-24-12-6-3-7-13-24,21-25-14-8-4-9-15-25)29(33)19-18-28-30(37(2)36-31(28)33)26-16-10-5-11-17-26/h3-17,27,29H,18-22H2,1-2H3/t27?,29-,33+/m1/s1. The average molecular weight is 500 g/mol. The summed E-state index contributed by atoms with van der Waals surface area (Å²) in [4.78, 5) is 14.4. The molecule has 0 amide bonds. The summed E-state index contributed by atoms with van der Waals surface area (Å²) >= 11 is 0. The number of carbonyl (C=O) groups excluding carboxylic acids is 1. The summed E-state index contributed by atoms with van der Waals surface area (Å²) in [5.41, 5.74) is 5.90. The highest BCUT2D eigenvalue weighted by molar-refractivity contribution is 5.91. The minimum Gasteiger partial charge on any atom is -0.298 e. The van der Waals surface area contributed by atoms with Gasteiger partial charge in [-0.05, 0) is 49.1 Å². The number of fused-ring (bicyclic) bond motifs is 3. The molecular weight excluding hydrogens is 466 g/mol. The Morgan fingerprint density at radius 2 is 1.47 bits per heavy atom. The number of aromatic nitrogens is 2. The Kier molecular flexibility index (Phi) is 6.03. The normalized spacial score (nSPS) is 23.8. The van der Waals surface area contributed by atoms with Gasteiger partial charge in [0.2, 0.25) is 0 Å². The molecule has 1 unspecified atom stereocenters. The van der Waals surface area contributed by atoms with Crippen molar-refractivity contribution in [2.75, 3.05) is 0 Å². The highest BCUT2D eigenvalue weighted by Gasteiger charge is 2.62. The molecule has 1 aromatic heterocycles. The number of nitriles is 1. The van der Waals surface area contributed by atoms with E-state index in [2.05, 4.69) is 61.5 Å². The largest absolute Gasteiger partial charge is 0.298 e. The maximum absolute atomic E-state index is 14.4. The van der Waals surface area contributed by atoms with Crippen LogP contribution < -0.4 is 0 Å². The molecule has 1 saturated carbocycles. The second kappa shape index (κ2) is 9.40. The highest BCUT2D eigenvalue weighted by atomic mass is 16.1. The Morgan fingerprint density at radius 3 is 2.03 bits per heavy atom. The van der Waals surface area contributed by atoms with E-state index in [1.165, 1.54) is 5.56 Å². The first-order chi connectivity index (χ1) is 18.5. The number of carbonyl (C=O) groups is 1. The van der Waals surface area contributed by atoms with Crippen molar-refractivity contribution in [2.24, 2.45) is 24.3 Å². The van der Waals surface area contributed by atoms with Gasteiger partial charge in [0.15, 0.2) is 5.78 Å². The van der Waals surface area contributed by atoms with Crippen molar-refractivity contribution >= 4 is 5.78 Å². The van der Waals surface area contributed by atoms with Crippen LogP contribution in [0.1, 0.15) is 42.1 Å². The zero-order valence-corrected chi connectivity index (χ0v) is 22.1. The number of nitrogens with zero attached hydrogens (tertiary/aromatic N) is 3. The topological polar surface area (TPSA) is 58.7 Å². The second-order valence-corrected chi connectivity index (χ2v) is 11.4. The van der Waals surface area contributed by atoms with Gasteiger partial charge < -0.3 is 0 Å². The smallest absolute Gasteiger partial charge is 0.157 e. The number of aryl methyl sites for hydroxylation is 1. The molecule has 1 heterocycles. The lowest BCUT2D eigenvalue weighted by Crippen LogP contribution is -2.59. The first-order valence-electron chi connectivity index (χ1n) is 13.6. The molecule has 0 spiro atoms. The fourth-order valence-electron chi connectivity index (χ4n) is 7.66.